The Hall–Kier alpha value is -6.65. The lowest BCUT2D eigenvalue weighted by molar-refractivity contribution is 0.768. The highest BCUT2D eigenvalue weighted by molar-refractivity contribution is 8.00. The first-order valence-corrected chi connectivity index (χ1v) is 22.9. The second-order valence-electron chi connectivity index (χ2n) is 15.5. The van der Waals surface area contributed by atoms with Gasteiger partial charge in [-0.15, -0.1) is 0 Å². The predicted molar refractivity (Wildman–Crippen MR) is 245 cm³/mol. The first-order chi connectivity index (χ1) is 28.8. The molecule has 0 unspecified atom stereocenters. The number of hydrogen-bond donors (Lipinski definition) is 0. The SMILES string of the molecule is c1ccc(N(c2ccc3c(c2)Sc2ccccc2[Si]32c3ccccc3-c3ccccc32)c2cccc3c2-c2ccccc2C3(c2ccccc2)c2ccccc2)cc1. The summed E-state index contributed by atoms with van der Waals surface area (Å²) in [5, 5.41) is 5.96. The number of hydrogen-bond acceptors (Lipinski definition) is 2. The van der Waals surface area contributed by atoms with E-state index >= 15 is 0 Å². The molecule has 0 bridgehead atoms. The Bertz CT molecular complexity index is 2960. The monoisotopic (exact) mass is 771 g/mol. The summed E-state index contributed by atoms with van der Waals surface area (Å²) in [6.45, 7) is 0. The van der Waals surface area contributed by atoms with Crippen LogP contribution in [0.1, 0.15) is 22.3 Å². The zero-order valence-corrected chi connectivity index (χ0v) is 33.5. The standard InChI is InChI=1S/C55H37NSSi/c1-4-19-38(20-5-1)55(39-21-6-2-7-22-39)45-28-13-10-27-44(45)54-46(55)29-18-30-47(54)56(40-23-8-3-9-24-40)41-35-36-53-49(37-41)57-48-31-14-17-34-52(48)58(53)50-32-15-11-25-42(50)43-26-12-16-33-51(43)58/h1-37H. The molecule has 0 saturated carbocycles. The van der Waals surface area contributed by atoms with Crippen molar-refractivity contribution in [3.63, 3.8) is 0 Å². The third-order valence-corrected chi connectivity index (χ3v) is 19.3. The van der Waals surface area contributed by atoms with E-state index in [0.717, 1.165) is 11.4 Å². The summed E-state index contributed by atoms with van der Waals surface area (Å²) in [4.78, 5) is 5.21. The van der Waals surface area contributed by atoms with Gasteiger partial charge in [-0.05, 0) is 96.1 Å². The highest BCUT2D eigenvalue weighted by Gasteiger charge is 2.53. The second kappa shape index (κ2) is 12.9. The van der Waals surface area contributed by atoms with Crippen LogP contribution < -0.4 is 25.6 Å². The number of anilines is 3. The Kier molecular flexibility index (Phi) is 7.47. The summed E-state index contributed by atoms with van der Waals surface area (Å²) >= 11 is 1.93. The van der Waals surface area contributed by atoms with E-state index in [2.05, 4.69) is 229 Å². The molecule has 2 aliphatic heterocycles. The van der Waals surface area contributed by atoms with Gasteiger partial charge in [0.1, 0.15) is 0 Å². The lowest BCUT2D eigenvalue weighted by Crippen LogP contribution is -2.74. The van der Waals surface area contributed by atoms with Crippen LogP contribution in [0.2, 0.25) is 0 Å². The lowest BCUT2D eigenvalue weighted by atomic mass is 9.68. The molecule has 1 aliphatic carbocycles. The fourth-order valence-electron chi connectivity index (χ4n) is 10.7. The largest absolute Gasteiger partial charge is 0.310 e. The van der Waals surface area contributed by atoms with Gasteiger partial charge in [0, 0.05) is 26.7 Å². The summed E-state index contributed by atoms with van der Waals surface area (Å²) in [6.07, 6.45) is 0. The molecule has 0 radical (unpaired) electrons. The molecule has 2 heterocycles. The Morgan fingerprint density at radius 2 is 0.879 bits per heavy atom. The zero-order chi connectivity index (χ0) is 38.3. The third kappa shape index (κ3) is 4.49. The van der Waals surface area contributed by atoms with E-state index in [0.29, 0.717) is 0 Å². The lowest BCUT2D eigenvalue weighted by Gasteiger charge is -2.38. The van der Waals surface area contributed by atoms with E-state index in [1.807, 2.05) is 11.8 Å². The first kappa shape index (κ1) is 33.5. The number of benzene rings is 9. The molecule has 0 atom stereocenters. The quantitative estimate of drug-likeness (QED) is 0.160. The van der Waals surface area contributed by atoms with E-state index in [1.165, 1.54) is 80.7 Å². The maximum atomic E-state index is 2.51. The molecular formula is C55H37NSSi. The van der Waals surface area contributed by atoms with Crippen molar-refractivity contribution >= 4 is 57.6 Å². The second-order valence-corrected chi connectivity index (χ2v) is 20.3. The highest BCUT2D eigenvalue weighted by atomic mass is 32.2. The molecule has 1 nitrogen and oxygen atoms in total. The van der Waals surface area contributed by atoms with Crippen molar-refractivity contribution in [2.24, 2.45) is 0 Å². The Labute approximate surface area is 344 Å². The van der Waals surface area contributed by atoms with Crippen molar-refractivity contribution in [3.8, 4) is 22.3 Å². The molecule has 0 aromatic heterocycles. The Morgan fingerprint density at radius 1 is 0.362 bits per heavy atom. The van der Waals surface area contributed by atoms with Crippen LogP contribution >= 0.6 is 11.8 Å². The minimum atomic E-state index is -2.62. The fraction of sp³-hybridized carbons (Fsp3) is 0.0182. The van der Waals surface area contributed by atoms with E-state index in [9.17, 15) is 0 Å². The van der Waals surface area contributed by atoms with E-state index in [-0.39, 0.29) is 0 Å². The van der Waals surface area contributed by atoms with Crippen LogP contribution in [0.3, 0.4) is 0 Å². The van der Waals surface area contributed by atoms with Crippen LogP contribution in [0.25, 0.3) is 22.3 Å². The molecule has 0 amide bonds. The molecule has 3 heteroatoms. The molecule has 0 saturated heterocycles. The first-order valence-electron chi connectivity index (χ1n) is 20.1. The topological polar surface area (TPSA) is 3.24 Å². The molecule has 12 rings (SSSR count). The normalized spacial score (nSPS) is 14.4. The van der Waals surface area contributed by atoms with Crippen LogP contribution in [-0.4, -0.2) is 8.07 Å². The summed E-state index contributed by atoms with van der Waals surface area (Å²) in [7, 11) is -2.62. The van der Waals surface area contributed by atoms with E-state index < -0.39 is 13.5 Å². The van der Waals surface area contributed by atoms with Crippen molar-refractivity contribution in [1.82, 2.24) is 0 Å². The number of rotatable bonds is 5. The van der Waals surface area contributed by atoms with E-state index in [1.54, 1.807) is 0 Å². The maximum absolute atomic E-state index is 2.62. The highest BCUT2D eigenvalue weighted by Crippen LogP contribution is 2.59. The Balaban J connectivity index is 1.13. The Morgan fingerprint density at radius 3 is 1.55 bits per heavy atom. The fourth-order valence-corrected chi connectivity index (χ4v) is 18.0. The molecule has 3 aliphatic rings. The van der Waals surface area contributed by atoms with Gasteiger partial charge in [-0.2, -0.15) is 0 Å². The molecular weight excluding hydrogens is 735 g/mol. The molecule has 0 N–H and O–H groups in total. The summed E-state index contributed by atoms with van der Waals surface area (Å²) in [6, 6.07) is 84.2. The molecule has 58 heavy (non-hydrogen) atoms. The van der Waals surface area contributed by atoms with Crippen LogP contribution in [0.4, 0.5) is 17.1 Å². The molecule has 0 fully saturated rings. The number of para-hydroxylation sites is 1. The van der Waals surface area contributed by atoms with Gasteiger partial charge in [-0.25, -0.2) is 0 Å². The summed E-state index contributed by atoms with van der Waals surface area (Å²) in [5.41, 5.74) is 13.4. The number of nitrogens with zero attached hydrogens (tertiary/aromatic N) is 1. The van der Waals surface area contributed by atoms with Crippen LogP contribution in [0.5, 0.6) is 0 Å². The average molecular weight is 772 g/mol. The summed E-state index contributed by atoms with van der Waals surface area (Å²) < 4.78 is 0. The van der Waals surface area contributed by atoms with Gasteiger partial charge >= 0.3 is 0 Å². The van der Waals surface area contributed by atoms with Gasteiger partial charge in [-0.1, -0.05) is 200 Å². The van der Waals surface area contributed by atoms with Crippen LogP contribution in [0.15, 0.2) is 234 Å². The van der Waals surface area contributed by atoms with E-state index in [4.69, 9.17) is 0 Å². The van der Waals surface area contributed by atoms with Gasteiger partial charge in [-0.3, -0.25) is 0 Å². The smallest absolute Gasteiger partial charge is 0.183 e. The maximum Gasteiger partial charge on any atom is 0.183 e. The average Bonchev–Trinajstić information content (AvgIpc) is 3.77. The van der Waals surface area contributed by atoms with Gasteiger partial charge in [0.25, 0.3) is 0 Å². The predicted octanol–water partition coefficient (Wildman–Crippen LogP) is 11.3. The minimum absolute atomic E-state index is 0.483. The third-order valence-electron chi connectivity index (χ3n) is 12.8. The van der Waals surface area contributed by atoms with Crippen molar-refractivity contribution < 1.29 is 0 Å². The molecule has 9 aromatic carbocycles. The van der Waals surface area contributed by atoms with Gasteiger partial charge < -0.3 is 4.90 Å². The molecule has 1 spiro atoms. The van der Waals surface area contributed by atoms with Gasteiger partial charge in [0.15, 0.2) is 8.07 Å². The summed E-state index contributed by atoms with van der Waals surface area (Å²) in [5.74, 6) is 0. The van der Waals surface area contributed by atoms with Crippen molar-refractivity contribution in [1.29, 1.82) is 0 Å². The molecule has 9 aromatic rings. The van der Waals surface area contributed by atoms with Crippen LogP contribution in [0, 0.1) is 0 Å². The minimum Gasteiger partial charge on any atom is -0.310 e. The van der Waals surface area contributed by atoms with Crippen molar-refractivity contribution in [2.75, 3.05) is 4.90 Å². The van der Waals surface area contributed by atoms with Crippen molar-refractivity contribution in [2.45, 2.75) is 15.2 Å². The van der Waals surface area contributed by atoms with Gasteiger partial charge in [0.2, 0.25) is 0 Å². The van der Waals surface area contributed by atoms with Gasteiger partial charge in [0.05, 0.1) is 11.1 Å². The van der Waals surface area contributed by atoms with Crippen LogP contribution in [-0.2, 0) is 5.41 Å². The number of fused-ring (bicyclic) bond motifs is 12. The molecule has 272 valence electrons. The zero-order valence-electron chi connectivity index (χ0n) is 31.7. The van der Waals surface area contributed by atoms with Crippen molar-refractivity contribution in [3.05, 3.63) is 247 Å².